The minimum absolute atomic E-state index is 0.0668. The van der Waals surface area contributed by atoms with Crippen molar-refractivity contribution >= 4 is 47.4 Å². The van der Waals surface area contributed by atoms with Crippen molar-refractivity contribution in [1.29, 1.82) is 10.7 Å². The number of aldehydes is 2. The zero-order valence-corrected chi connectivity index (χ0v) is 43.4. The molecule has 4 N–H and O–H groups in total. The molecule has 8 rings (SSSR count). The standard InChI is InChI=1S/C33H36F2N8O2.C22H33N5O3/c1-3-45-26-17-27(31-24(18-36)20-38-43(31)21-26)23-4-7-30(37-19-23)42-10-8-33(9-11-42,22-41-14-12-40(2)13-15-41)39-32(44)28-16-25(34)5-6-29(28)35;1-24-20-16-18(17-8-12-26(13-9-17)10-3-4-14-28)6-7-19(20)21(23)27(11-5-15-29)22(30)25-2/h4-7,16-17,19-21H,3,8-15,22H2,1-2H3,(H,39,44);6-7,14-17,23-24H,3-5,8-13H2,1-2H3,(H,25,30). The number of amidine groups is 1. The topological polar surface area (TPSA) is 208 Å². The Balaban J connectivity index is 0.000000238. The van der Waals surface area contributed by atoms with E-state index in [-0.39, 0.29) is 24.4 Å². The third-order valence-corrected chi connectivity index (χ3v) is 14.4. The number of unbranched alkanes of at least 4 members (excludes halogenated alkanes) is 1. The zero-order valence-electron chi connectivity index (χ0n) is 43.4. The van der Waals surface area contributed by atoms with Gasteiger partial charge in [0, 0.05) is 108 Å². The molecule has 2 aromatic carbocycles. The maximum absolute atomic E-state index is 14.5. The Labute approximate surface area is 437 Å². The van der Waals surface area contributed by atoms with Gasteiger partial charge in [-0.05, 0) is 126 Å². The van der Waals surface area contributed by atoms with Gasteiger partial charge in [0.05, 0.1) is 41.2 Å². The first-order valence-electron chi connectivity index (χ1n) is 25.8. The number of benzene rings is 2. The van der Waals surface area contributed by atoms with Crippen molar-refractivity contribution in [3.63, 3.8) is 0 Å². The number of nitrogens with one attached hydrogen (secondary N) is 4. The predicted octanol–water partition coefficient (Wildman–Crippen LogP) is 6.40. The summed E-state index contributed by atoms with van der Waals surface area (Å²) in [5, 5.41) is 31.3. The summed E-state index contributed by atoms with van der Waals surface area (Å²) in [6.07, 6.45) is 11.9. The summed E-state index contributed by atoms with van der Waals surface area (Å²) in [5.74, 6) is -0.0437. The lowest BCUT2D eigenvalue weighted by molar-refractivity contribution is -0.108. The molecule has 75 heavy (non-hydrogen) atoms. The highest BCUT2D eigenvalue weighted by atomic mass is 19.1. The first kappa shape index (κ1) is 55.4. The number of fused-ring (bicyclic) bond motifs is 1. The van der Waals surface area contributed by atoms with Gasteiger partial charge in [-0.15, -0.1) is 0 Å². The Morgan fingerprint density at radius 2 is 1.67 bits per heavy atom. The lowest BCUT2D eigenvalue weighted by Gasteiger charge is -2.46. The summed E-state index contributed by atoms with van der Waals surface area (Å²) >= 11 is 0. The first-order chi connectivity index (χ1) is 36.3. The molecule has 3 aromatic heterocycles. The molecule has 0 unspecified atom stereocenters. The molecule has 0 aliphatic carbocycles. The van der Waals surface area contributed by atoms with Crippen LogP contribution in [0, 0.1) is 28.4 Å². The fraction of sp³-hybridized carbons (Fsp3) is 0.455. The Hall–Kier alpha value is -7.34. The number of pyridine rings is 2. The van der Waals surface area contributed by atoms with Crippen LogP contribution >= 0.6 is 0 Å². The quantitative estimate of drug-likeness (QED) is 0.0325. The number of halogens is 2. The fourth-order valence-corrected chi connectivity index (χ4v) is 10.2. The third-order valence-electron chi connectivity index (χ3n) is 14.4. The van der Waals surface area contributed by atoms with Gasteiger partial charge in [-0.2, -0.15) is 10.4 Å². The number of hydrogen-bond donors (Lipinski definition) is 4. The number of hydrogen-bond acceptors (Lipinski definition) is 14. The Kier molecular flexibility index (Phi) is 19.4. The second-order valence-electron chi connectivity index (χ2n) is 19.3. The second kappa shape index (κ2) is 26.2. The number of amides is 3. The highest BCUT2D eigenvalue weighted by Gasteiger charge is 2.39. The van der Waals surface area contributed by atoms with Crippen LogP contribution in [-0.2, 0) is 9.59 Å². The minimum atomic E-state index is -0.743. The van der Waals surface area contributed by atoms with Crippen LogP contribution in [0.1, 0.15) is 84.8 Å². The van der Waals surface area contributed by atoms with Crippen LogP contribution < -0.4 is 25.6 Å². The number of likely N-dealkylation sites (tertiary alicyclic amines) is 1. The predicted molar refractivity (Wildman–Crippen MR) is 285 cm³/mol. The molecule has 3 amide bonds. The van der Waals surface area contributed by atoms with Crippen molar-refractivity contribution in [2.24, 2.45) is 0 Å². The normalized spacial score (nSPS) is 16.3. The molecule has 6 heterocycles. The Morgan fingerprint density at radius 3 is 2.32 bits per heavy atom. The zero-order chi connectivity index (χ0) is 53.5. The summed E-state index contributed by atoms with van der Waals surface area (Å²) in [7, 11) is 5.41. The van der Waals surface area contributed by atoms with E-state index in [0.717, 1.165) is 118 Å². The van der Waals surface area contributed by atoms with E-state index in [2.05, 4.69) is 59.8 Å². The largest absolute Gasteiger partial charge is 0.492 e. The number of ether oxygens (including phenoxy) is 1. The minimum Gasteiger partial charge on any atom is -0.492 e. The smallest absolute Gasteiger partial charge is 0.322 e. The van der Waals surface area contributed by atoms with Crippen molar-refractivity contribution < 1.29 is 32.7 Å². The monoisotopic (exact) mass is 1030 g/mol. The molecule has 3 fully saturated rings. The number of piperidine rings is 2. The highest BCUT2D eigenvalue weighted by molar-refractivity contribution is 6.09. The van der Waals surface area contributed by atoms with E-state index in [1.807, 2.05) is 37.3 Å². The van der Waals surface area contributed by atoms with Gasteiger partial charge in [0.15, 0.2) is 0 Å². The first-order valence-corrected chi connectivity index (χ1v) is 25.8. The molecule has 0 saturated carbocycles. The van der Waals surface area contributed by atoms with E-state index in [4.69, 9.17) is 15.1 Å². The average Bonchev–Trinajstić information content (AvgIpc) is 3.86. The summed E-state index contributed by atoms with van der Waals surface area (Å²) < 4.78 is 35.8. The fourth-order valence-electron chi connectivity index (χ4n) is 10.2. The van der Waals surface area contributed by atoms with Gasteiger partial charge in [-0.25, -0.2) is 23.1 Å². The molecule has 0 atom stereocenters. The maximum atomic E-state index is 14.5. The van der Waals surface area contributed by atoms with Gasteiger partial charge in [-0.3, -0.25) is 20.0 Å². The molecule has 3 aliphatic heterocycles. The van der Waals surface area contributed by atoms with E-state index in [1.54, 1.807) is 30.2 Å². The van der Waals surface area contributed by atoms with Crippen LogP contribution in [0.25, 0.3) is 16.6 Å². The number of carbonyl (C=O) groups excluding carboxylic acids is 4. The van der Waals surface area contributed by atoms with Crippen LogP contribution in [0.5, 0.6) is 5.75 Å². The maximum Gasteiger partial charge on any atom is 0.322 e. The number of rotatable bonds is 18. The van der Waals surface area contributed by atoms with Crippen LogP contribution in [0.2, 0.25) is 0 Å². The molecule has 0 spiro atoms. The van der Waals surface area contributed by atoms with Crippen LogP contribution in [-0.4, -0.2) is 170 Å². The number of anilines is 2. The van der Waals surface area contributed by atoms with Crippen molar-refractivity contribution in [1.82, 2.24) is 44.8 Å². The second-order valence-corrected chi connectivity index (χ2v) is 19.3. The van der Waals surface area contributed by atoms with Gasteiger partial charge >= 0.3 is 6.03 Å². The number of likely N-dealkylation sites (N-methyl/N-ethyl adjacent to an activating group) is 1. The average molecular weight is 1030 g/mol. The number of nitriles is 1. The van der Waals surface area contributed by atoms with Crippen LogP contribution in [0.3, 0.4) is 0 Å². The molecule has 18 nitrogen and oxygen atoms in total. The van der Waals surface area contributed by atoms with E-state index in [0.29, 0.717) is 73.8 Å². The molecule has 0 radical (unpaired) electrons. The van der Waals surface area contributed by atoms with Gasteiger partial charge in [0.1, 0.15) is 47.7 Å². The Morgan fingerprint density at radius 1 is 0.920 bits per heavy atom. The third kappa shape index (κ3) is 13.9. The summed E-state index contributed by atoms with van der Waals surface area (Å²) in [5.41, 5.74) is 4.53. The van der Waals surface area contributed by atoms with Crippen molar-refractivity contribution in [2.75, 3.05) is 110 Å². The van der Waals surface area contributed by atoms with E-state index in [1.165, 1.54) is 17.5 Å². The van der Waals surface area contributed by atoms with Gasteiger partial charge in [-0.1, -0.05) is 6.07 Å². The van der Waals surface area contributed by atoms with E-state index >= 15 is 0 Å². The molecule has 5 aromatic rings. The van der Waals surface area contributed by atoms with Gasteiger partial charge < -0.3 is 45.0 Å². The Bertz CT molecular complexity index is 2810. The summed E-state index contributed by atoms with van der Waals surface area (Å²) in [6.45, 7) is 11.1. The van der Waals surface area contributed by atoms with Crippen LogP contribution in [0.4, 0.5) is 25.1 Å². The molecule has 20 heteroatoms. The lowest BCUT2D eigenvalue weighted by atomic mass is 9.86. The molecular weight excluding hydrogens is 961 g/mol. The number of nitrogens with zero attached hydrogens (tertiary/aromatic N) is 9. The van der Waals surface area contributed by atoms with E-state index < -0.39 is 29.1 Å². The van der Waals surface area contributed by atoms with Gasteiger partial charge in [0.2, 0.25) is 0 Å². The van der Waals surface area contributed by atoms with Crippen molar-refractivity contribution in [3.05, 3.63) is 107 Å². The lowest BCUT2D eigenvalue weighted by Crippen LogP contribution is -2.62. The number of aromatic nitrogens is 3. The molecule has 398 valence electrons. The number of piperazine rings is 1. The van der Waals surface area contributed by atoms with Crippen molar-refractivity contribution in [2.45, 2.75) is 63.3 Å². The molecule has 3 saturated heterocycles. The SMILES string of the molecule is CCOc1cc(-c2ccc(N3CCC(CN4CCN(C)CC4)(NC(=O)c4cc(F)ccc4F)CC3)nc2)c2c(C#N)cnn2c1.CNC(=O)N(CCC=O)C(=N)c1ccc(C2CCN(CCCC=O)CC2)cc1NC. The number of urea groups is 1. The van der Waals surface area contributed by atoms with Gasteiger partial charge in [0.25, 0.3) is 5.91 Å². The number of carbonyl (C=O) groups is 4. The van der Waals surface area contributed by atoms with E-state index in [9.17, 15) is 33.2 Å². The molecule has 3 aliphatic rings. The van der Waals surface area contributed by atoms with Crippen molar-refractivity contribution in [3.8, 4) is 22.9 Å². The molecule has 0 bridgehead atoms. The molecular formula is C55H69F2N13O5. The summed E-state index contributed by atoms with van der Waals surface area (Å²) in [6, 6.07) is 16.6. The van der Waals surface area contributed by atoms with Crippen LogP contribution in [0.15, 0.2) is 73.2 Å². The highest BCUT2D eigenvalue weighted by Crippen LogP contribution is 2.34. The summed E-state index contributed by atoms with van der Waals surface area (Å²) in [4.78, 5) is 62.0.